The number of hydrogen-bond donors (Lipinski definition) is 2. The zero-order chi connectivity index (χ0) is 12.1. The maximum absolute atomic E-state index is 11.7. The van der Waals surface area contributed by atoms with Crippen LogP contribution in [0.5, 0.6) is 0 Å². The lowest BCUT2D eigenvalue weighted by Gasteiger charge is -2.23. The van der Waals surface area contributed by atoms with Crippen LogP contribution in [0.3, 0.4) is 0 Å². The lowest BCUT2D eigenvalue weighted by Crippen LogP contribution is -2.44. The van der Waals surface area contributed by atoms with E-state index in [9.17, 15) is 9.59 Å². The summed E-state index contributed by atoms with van der Waals surface area (Å²) in [5.41, 5.74) is 0. The highest BCUT2D eigenvalue weighted by Gasteiger charge is 2.37. The SMILES string of the molecule is CCCCNC(=O)N1CCC(C(=O)O)C1C. The van der Waals surface area contributed by atoms with Crippen LogP contribution in [0.4, 0.5) is 4.79 Å². The first-order chi connectivity index (χ1) is 7.57. The van der Waals surface area contributed by atoms with Gasteiger partial charge >= 0.3 is 12.0 Å². The Morgan fingerprint density at radius 1 is 1.50 bits per heavy atom. The standard InChI is InChI=1S/C11H20N2O3/c1-3-4-6-12-11(16)13-7-5-9(8(13)2)10(14)15/h8-9H,3-7H2,1-2H3,(H,12,16)(H,14,15). The number of nitrogens with one attached hydrogen (secondary N) is 1. The maximum Gasteiger partial charge on any atom is 0.317 e. The summed E-state index contributed by atoms with van der Waals surface area (Å²) in [5, 5.41) is 11.7. The average Bonchev–Trinajstić information content (AvgIpc) is 2.60. The molecule has 1 saturated heterocycles. The highest BCUT2D eigenvalue weighted by molar-refractivity contribution is 5.78. The maximum atomic E-state index is 11.7. The summed E-state index contributed by atoms with van der Waals surface area (Å²) in [7, 11) is 0. The molecule has 0 saturated carbocycles. The van der Waals surface area contributed by atoms with Crippen molar-refractivity contribution in [1.82, 2.24) is 10.2 Å². The Bertz CT molecular complexity index is 268. The molecule has 1 aliphatic heterocycles. The number of carboxylic acids is 1. The molecule has 0 aromatic carbocycles. The molecule has 2 unspecified atom stereocenters. The van der Waals surface area contributed by atoms with Gasteiger partial charge in [-0.15, -0.1) is 0 Å². The second-order valence-electron chi connectivity index (χ2n) is 4.25. The fourth-order valence-corrected chi connectivity index (χ4v) is 2.03. The summed E-state index contributed by atoms with van der Waals surface area (Å²) in [5.74, 6) is -1.23. The van der Waals surface area contributed by atoms with Crippen LogP contribution in [0, 0.1) is 5.92 Å². The third-order valence-electron chi connectivity index (χ3n) is 3.14. The minimum atomic E-state index is -0.809. The molecule has 16 heavy (non-hydrogen) atoms. The predicted molar refractivity (Wildman–Crippen MR) is 60.2 cm³/mol. The Morgan fingerprint density at radius 2 is 2.19 bits per heavy atom. The Kier molecular flexibility index (Phi) is 4.58. The zero-order valence-corrected chi connectivity index (χ0v) is 9.90. The molecule has 2 N–H and O–H groups in total. The summed E-state index contributed by atoms with van der Waals surface area (Å²) < 4.78 is 0. The van der Waals surface area contributed by atoms with Crippen molar-refractivity contribution < 1.29 is 14.7 Å². The number of nitrogens with zero attached hydrogens (tertiary/aromatic N) is 1. The number of carbonyl (C=O) groups is 2. The first kappa shape index (κ1) is 12.8. The van der Waals surface area contributed by atoms with E-state index < -0.39 is 11.9 Å². The molecule has 1 heterocycles. The zero-order valence-electron chi connectivity index (χ0n) is 9.90. The number of hydrogen-bond acceptors (Lipinski definition) is 2. The number of unbranched alkanes of at least 4 members (excludes halogenated alkanes) is 1. The van der Waals surface area contributed by atoms with E-state index in [1.54, 1.807) is 11.8 Å². The third-order valence-corrected chi connectivity index (χ3v) is 3.14. The van der Waals surface area contributed by atoms with Crippen LogP contribution in [-0.4, -0.2) is 41.1 Å². The highest BCUT2D eigenvalue weighted by Crippen LogP contribution is 2.24. The molecule has 5 nitrogen and oxygen atoms in total. The third kappa shape index (κ3) is 2.87. The van der Waals surface area contributed by atoms with Gasteiger partial charge in [0.1, 0.15) is 0 Å². The molecular weight excluding hydrogens is 208 g/mol. The first-order valence-electron chi connectivity index (χ1n) is 5.85. The van der Waals surface area contributed by atoms with E-state index >= 15 is 0 Å². The largest absolute Gasteiger partial charge is 0.481 e. The Morgan fingerprint density at radius 3 is 2.69 bits per heavy atom. The van der Waals surface area contributed by atoms with E-state index in [1.807, 2.05) is 0 Å². The molecule has 0 aliphatic carbocycles. The van der Waals surface area contributed by atoms with Crippen molar-refractivity contribution in [3.63, 3.8) is 0 Å². The fourth-order valence-electron chi connectivity index (χ4n) is 2.03. The molecule has 2 amide bonds. The summed E-state index contributed by atoms with van der Waals surface area (Å²) >= 11 is 0. The molecule has 1 rings (SSSR count). The first-order valence-corrected chi connectivity index (χ1v) is 5.85. The van der Waals surface area contributed by atoms with Crippen molar-refractivity contribution in [1.29, 1.82) is 0 Å². The molecule has 1 aliphatic rings. The molecule has 5 heteroatoms. The van der Waals surface area contributed by atoms with Gasteiger partial charge in [0.2, 0.25) is 0 Å². The monoisotopic (exact) mass is 228 g/mol. The molecule has 0 bridgehead atoms. The van der Waals surface area contributed by atoms with Crippen molar-refractivity contribution in [3.8, 4) is 0 Å². The number of likely N-dealkylation sites (tertiary alicyclic amines) is 1. The Balaban J connectivity index is 2.43. The van der Waals surface area contributed by atoms with E-state index in [0.717, 1.165) is 12.8 Å². The quantitative estimate of drug-likeness (QED) is 0.712. The van der Waals surface area contributed by atoms with Gasteiger partial charge in [-0.1, -0.05) is 13.3 Å². The molecular formula is C11H20N2O3. The van der Waals surface area contributed by atoms with Crippen LogP contribution < -0.4 is 5.32 Å². The number of aliphatic carboxylic acids is 1. The fraction of sp³-hybridized carbons (Fsp3) is 0.818. The summed E-state index contributed by atoms with van der Waals surface area (Å²) in [6, 6.07) is -0.344. The van der Waals surface area contributed by atoms with Crippen LogP contribution >= 0.6 is 0 Å². The summed E-state index contributed by atoms with van der Waals surface area (Å²) in [6.07, 6.45) is 2.54. The van der Waals surface area contributed by atoms with Gasteiger partial charge in [-0.3, -0.25) is 4.79 Å². The van der Waals surface area contributed by atoms with E-state index in [4.69, 9.17) is 5.11 Å². The number of rotatable bonds is 4. The summed E-state index contributed by atoms with van der Waals surface area (Å²) in [6.45, 7) is 5.06. The van der Waals surface area contributed by atoms with Crippen LogP contribution in [0.25, 0.3) is 0 Å². The van der Waals surface area contributed by atoms with Gasteiger partial charge in [-0.25, -0.2) is 4.79 Å². The van der Waals surface area contributed by atoms with Crippen LogP contribution in [0.1, 0.15) is 33.1 Å². The molecule has 1 fully saturated rings. The van der Waals surface area contributed by atoms with Crippen molar-refractivity contribution in [3.05, 3.63) is 0 Å². The van der Waals surface area contributed by atoms with Crippen molar-refractivity contribution in [2.24, 2.45) is 5.92 Å². The van der Waals surface area contributed by atoms with Gasteiger partial charge in [0.15, 0.2) is 0 Å². The molecule has 0 spiro atoms. The highest BCUT2D eigenvalue weighted by atomic mass is 16.4. The smallest absolute Gasteiger partial charge is 0.317 e. The number of amides is 2. The molecule has 2 atom stereocenters. The average molecular weight is 228 g/mol. The van der Waals surface area contributed by atoms with Crippen LogP contribution in [0.15, 0.2) is 0 Å². The van der Waals surface area contributed by atoms with E-state index in [0.29, 0.717) is 19.5 Å². The van der Waals surface area contributed by atoms with Crippen molar-refractivity contribution >= 4 is 12.0 Å². The topological polar surface area (TPSA) is 69.6 Å². The molecule has 0 aromatic rings. The van der Waals surface area contributed by atoms with Gasteiger partial charge in [-0.2, -0.15) is 0 Å². The minimum Gasteiger partial charge on any atom is -0.481 e. The van der Waals surface area contributed by atoms with Gasteiger partial charge in [0.05, 0.1) is 5.92 Å². The minimum absolute atomic E-state index is 0.135. The Labute approximate surface area is 95.8 Å². The second kappa shape index (κ2) is 5.72. The Hall–Kier alpha value is -1.26. The number of urea groups is 1. The van der Waals surface area contributed by atoms with Crippen LogP contribution in [-0.2, 0) is 4.79 Å². The summed E-state index contributed by atoms with van der Waals surface area (Å²) in [4.78, 5) is 24.2. The van der Waals surface area contributed by atoms with E-state index in [2.05, 4.69) is 12.2 Å². The normalized spacial score (nSPS) is 24.5. The molecule has 0 radical (unpaired) electrons. The van der Waals surface area contributed by atoms with Gasteiger partial charge in [-0.05, 0) is 19.8 Å². The van der Waals surface area contributed by atoms with Crippen molar-refractivity contribution in [2.75, 3.05) is 13.1 Å². The second-order valence-corrected chi connectivity index (χ2v) is 4.25. The number of carbonyl (C=O) groups excluding carboxylic acids is 1. The van der Waals surface area contributed by atoms with Gasteiger partial charge in [0, 0.05) is 19.1 Å². The van der Waals surface area contributed by atoms with Crippen LogP contribution in [0.2, 0.25) is 0 Å². The molecule has 0 aromatic heterocycles. The number of carboxylic acid groups (broad SMARTS) is 1. The molecule has 92 valence electrons. The van der Waals surface area contributed by atoms with E-state index in [1.165, 1.54) is 0 Å². The lowest BCUT2D eigenvalue weighted by molar-refractivity contribution is -0.142. The van der Waals surface area contributed by atoms with Gasteiger partial charge in [0.25, 0.3) is 0 Å². The van der Waals surface area contributed by atoms with Crippen molar-refractivity contribution in [2.45, 2.75) is 39.2 Å². The lowest BCUT2D eigenvalue weighted by atomic mass is 10.0. The van der Waals surface area contributed by atoms with E-state index in [-0.39, 0.29) is 12.1 Å². The van der Waals surface area contributed by atoms with Gasteiger partial charge < -0.3 is 15.3 Å². The predicted octanol–water partition coefficient (Wildman–Crippen LogP) is 1.29.